The van der Waals surface area contributed by atoms with Crippen LogP contribution in [0, 0.1) is 11.8 Å². The average Bonchev–Trinajstić information content (AvgIpc) is 3.88. The number of likely N-dealkylation sites (N-methyl/N-ethyl adjacent to an activating group) is 1. The topological polar surface area (TPSA) is 106 Å². The molecule has 3 fully saturated rings. The predicted molar refractivity (Wildman–Crippen MR) is 187 cm³/mol. The quantitative estimate of drug-likeness (QED) is 0.353. The summed E-state index contributed by atoms with van der Waals surface area (Å²) in [4.78, 5) is 45.0. The summed E-state index contributed by atoms with van der Waals surface area (Å²) in [5, 5.41) is 6.58. The minimum Gasteiger partial charge on any atom is -0.495 e. The number of carbonyl (C=O) groups is 2. The van der Waals surface area contributed by atoms with Crippen molar-refractivity contribution in [3.63, 3.8) is 0 Å². The predicted octanol–water partition coefficient (Wildman–Crippen LogP) is 4.90. The zero-order chi connectivity index (χ0) is 33.3. The number of aromatic nitrogens is 2. The molecule has 2 aromatic rings. The molecule has 1 aromatic carbocycles. The monoisotopic (exact) mass is 646 g/mol. The van der Waals surface area contributed by atoms with E-state index < -0.39 is 5.54 Å². The second kappa shape index (κ2) is 14.0. The van der Waals surface area contributed by atoms with Crippen molar-refractivity contribution < 1.29 is 14.3 Å². The van der Waals surface area contributed by atoms with Gasteiger partial charge < -0.3 is 30.1 Å². The number of amides is 2. The molecule has 0 bridgehead atoms. The van der Waals surface area contributed by atoms with Gasteiger partial charge in [0.05, 0.1) is 19.0 Å². The van der Waals surface area contributed by atoms with Crippen LogP contribution in [0.15, 0.2) is 24.4 Å². The highest BCUT2D eigenvalue weighted by molar-refractivity contribution is 6.06. The first-order chi connectivity index (χ1) is 22.5. The van der Waals surface area contributed by atoms with E-state index in [1.807, 2.05) is 26.0 Å². The summed E-state index contributed by atoms with van der Waals surface area (Å²) in [5.41, 5.74) is 1.17. The van der Waals surface area contributed by atoms with Gasteiger partial charge >= 0.3 is 0 Å². The number of piperazine rings is 1. The molecular weight excluding hydrogens is 592 g/mol. The summed E-state index contributed by atoms with van der Waals surface area (Å²) in [6.45, 7) is 15.0. The van der Waals surface area contributed by atoms with Gasteiger partial charge in [-0.15, -0.1) is 0 Å². The lowest BCUT2D eigenvalue weighted by Crippen LogP contribution is -2.60. The third-order valence-corrected chi connectivity index (χ3v) is 10.7. The zero-order valence-electron chi connectivity index (χ0n) is 29.2. The number of carbonyl (C=O) groups excluding carboxylic acids is 2. The molecule has 2 amide bonds. The lowest BCUT2D eigenvalue weighted by molar-refractivity contribution is -0.122. The Kier molecular flexibility index (Phi) is 9.94. The summed E-state index contributed by atoms with van der Waals surface area (Å²) < 4.78 is 5.70. The molecule has 0 atom stereocenters. The summed E-state index contributed by atoms with van der Waals surface area (Å²) in [6.07, 6.45) is 9.77. The van der Waals surface area contributed by atoms with E-state index in [0.717, 1.165) is 43.8 Å². The number of hydrogen-bond acceptors (Lipinski definition) is 9. The summed E-state index contributed by atoms with van der Waals surface area (Å²) in [7, 11) is 3.37. The molecule has 2 saturated carbocycles. The molecule has 0 spiro atoms. The number of methoxy groups -OCH3 is 1. The van der Waals surface area contributed by atoms with E-state index in [1.54, 1.807) is 31.3 Å². The average molecular weight is 647 g/mol. The SMILES string of the molecule is COc1cc(C(=O)NC2CCC(N3CCN(CC4CC4)CC3)CC2)ccc1Nc1ncc2c(n1)N(CCC(C)C)C(C)(C)C(=O)N2C. The first kappa shape index (κ1) is 33.5. The second-order valence-electron chi connectivity index (χ2n) is 15.0. The Morgan fingerprint density at radius 2 is 1.79 bits per heavy atom. The van der Waals surface area contributed by atoms with Gasteiger partial charge in [-0.2, -0.15) is 4.98 Å². The minimum atomic E-state index is -0.737. The van der Waals surface area contributed by atoms with Gasteiger partial charge in [0.15, 0.2) is 5.82 Å². The number of hydrogen-bond donors (Lipinski definition) is 2. The molecule has 4 aliphatic rings. The molecule has 1 aromatic heterocycles. The van der Waals surface area contributed by atoms with E-state index in [4.69, 9.17) is 9.72 Å². The van der Waals surface area contributed by atoms with Crippen molar-refractivity contribution >= 4 is 35.0 Å². The molecule has 0 radical (unpaired) electrons. The number of rotatable bonds is 11. The van der Waals surface area contributed by atoms with Crippen LogP contribution in [0.2, 0.25) is 0 Å². The van der Waals surface area contributed by atoms with Crippen molar-refractivity contribution in [2.45, 2.75) is 90.3 Å². The van der Waals surface area contributed by atoms with Crippen molar-refractivity contribution in [2.24, 2.45) is 11.8 Å². The third kappa shape index (κ3) is 7.51. The van der Waals surface area contributed by atoms with Gasteiger partial charge in [-0.25, -0.2) is 4.98 Å². The van der Waals surface area contributed by atoms with E-state index in [-0.39, 0.29) is 17.9 Å². The minimum absolute atomic E-state index is 0.0131. The maximum absolute atomic E-state index is 13.3. The van der Waals surface area contributed by atoms with Gasteiger partial charge in [0.1, 0.15) is 17.0 Å². The van der Waals surface area contributed by atoms with Gasteiger partial charge in [-0.05, 0) is 88.8 Å². The van der Waals surface area contributed by atoms with Gasteiger partial charge in [0.25, 0.3) is 11.8 Å². The van der Waals surface area contributed by atoms with Crippen molar-refractivity contribution in [1.29, 1.82) is 0 Å². The van der Waals surface area contributed by atoms with Crippen LogP contribution in [0.5, 0.6) is 5.75 Å². The Labute approximate surface area is 280 Å². The lowest BCUT2D eigenvalue weighted by atomic mass is 9.89. The van der Waals surface area contributed by atoms with Crippen molar-refractivity contribution in [3.8, 4) is 5.75 Å². The van der Waals surface area contributed by atoms with Crippen LogP contribution < -0.4 is 25.2 Å². The Morgan fingerprint density at radius 3 is 2.45 bits per heavy atom. The van der Waals surface area contributed by atoms with Crippen molar-refractivity contribution in [1.82, 2.24) is 25.1 Å². The van der Waals surface area contributed by atoms with Crippen LogP contribution in [0.3, 0.4) is 0 Å². The maximum Gasteiger partial charge on any atom is 0.252 e. The lowest BCUT2D eigenvalue weighted by Gasteiger charge is -2.46. The molecule has 6 rings (SSSR count). The molecule has 1 saturated heterocycles. The molecule has 11 heteroatoms. The number of ether oxygens (including phenoxy) is 1. The Bertz CT molecular complexity index is 1430. The number of anilines is 4. The Morgan fingerprint density at radius 1 is 1.06 bits per heavy atom. The molecular formula is C36H54N8O3. The fourth-order valence-corrected chi connectivity index (χ4v) is 7.42. The molecule has 2 aliphatic carbocycles. The summed E-state index contributed by atoms with van der Waals surface area (Å²) in [5.74, 6) is 3.04. The fraction of sp³-hybridized carbons (Fsp3) is 0.667. The molecule has 11 nitrogen and oxygen atoms in total. The second-order valence-corrected chi connectivity index (χ2v) is 15.0. The highest BCUT2D eigenvalue weighted by atomic mass is 16.5. The van der Waals surface area contributed by atoms with E-state index in [2.05, 4.69) is 44.2 Å². The molecule has 256 valence electrons. The molecule has 3 heterocycles. The molecule has 0 unspecified atom stereocenters. The first-order valence-corrected chi connectivity index (χ1v) is 17.7. The highest BCUT2D eigenvalue weighted by Gasteiger charge is 2.44. The standard InChI is InChI=1S/C36H54N8O3/c1-24(2)15-16-44-32-30(41(5)34(46)36(44,3)4)22-37-35(40-32)39-29-14-9-26(21-31(29)47-6)33(45)38-27-10-12-28(13-11-27)43-19-17-42(18-20-43)23-25-7-8-25/h9,14,21-22,24-25,27-28H,7-8,10-13,15-20,23H2,1-6H3,(H,38,45)(H,37,39,40). The zero-order valence-corrected chi connectivity index (χ0v) is 29.2. The van der Waals surface area contributed by atoms with Crippen LogP contribution in [-0.4, -0.2) is 103 Å². The number of benzene rings is 1. The largest absolute Gasteiger partial charge is 0.495 e. The van der Waals surface area contributed by atoms with Gasteiger partial charge in [-0.3, -0.25) is 14.5 Å². The van der Waals surface area contributed by atoms with Gasteiger partial charge in [0.2, 0.25) is 5.95 Å². The number of fused-ring (bicyclic) bond motifs is 1. The molecule has 47 heavy (non-hydrogen) atoms. The van der Waals surface area contributed by atoms with Crippen molar-refractivity contribution in [2.75, 3.05) is 68.5 Å². The Hall–Kier alpha value is -3.44. The van der Waals surface area contributed by atoms with E-state index in [9.17, 15) is 9.59 Å². The van der Waals surface area contributed by atoms with Crippen LogP contribution in [0.4, 0.5) is 23.1 Å². The number of nitrogens with zero attached hydrogens (tertiary/aromatic N) is 6. The first-order valence-electron chi connectivity index (χ1n) is 17.7. The maximum atomic E-state index is 13.3. The van der Waals surface area contributed by atoms with Gasteiger partial charge in [0, 0.05) is 64.0 Å². The molecule has 2 aliphatic heterocycles. The van der Waals surface area contributed by atoms with Crippen molar-refractivity contribution in [3.05, 3.63) is 30.0 Å². The highest BCUT2D eigenvalue weighted by Crippen LogP contribution is 2.39. The third-order valence-electron chi connectivity index (χ3n) is 10.7. The van der Waals surface area contributed by atoms with E-state index >= 15 is 0 Å². The Balaban J connectivity index is 1.07. The smallest absolute Gasteiger partial charge is 0.252 e. The summed E-state index contributed by atoms with van der Waals surface area (Å²) in [6, 6.07) is 6.25. The number of nitrogens with one attached hydrogen (secondary N) is 2. The van der Waals surface area contributed by atoms with Gasteiger partial charge in [-0.1, -0.05) is 13.8 Å². The fourth-order valence-electron chi connectivity index (χ4n) is 7.42. The van der Waals surface area contributed by atoms with E-state index in [1.165, 1.54) is 45.6 Å². The normalized spacial score (nSPS) is 23.5. The van der Waals surface area contributed by atoms with E-state index in [0.29, 0.717) is 47.1 Å². The van der Waals surface area contributed by atoms with Crippen LogP contribution >= 0.6 is 0 Å². The van der Waals surface area contributed by atoms with Crippen LogP contribution in [0.25, 0.3) is 0 Å². The van der Waals surface area contributed by atoms with Crippen LogP contribution in [0.1, 0.15) is 83.0 Å². The van der Waals surface area contributed by atoms with Crippen LogP contribution in [-0.2, 0) is 4.79 Å². The molecule has 2 N–H and O–H groups in total. The summed E-state index contributed by atoms with van der Waals surface area (Å²) >= 11 is 0.